The Morgan fingerprint density at radius 2 is 2.28 bits per heavy atom. The lowest BCUT2D eigenvalue weighted by molar-refractivity contribution is 0.0949. The molecule has 0 saturated carbocycles. The van der Waals surface area contributed by atoms with Crippen LogP contribution in [0.1, 0.15) is 16.1 Å². The number of rotatable bonds is 3. The summed E-state index contributed by atoms with van der Waals surface area (Å²) in [6.45, 7) is 0.203. The van der Waals surface area contributed by atoms with Crippen LogP contribution in [-0.2, 0) is 6.54 Å². The maximum Gasteiger partial charge on any atom is 0.254 e. The van der Waals surface area contributed by atoms with Crippen molar-refractivity contribution < 1.29 is 9.18 Å². The van der Waals surface area contributed by atoms with Gasteiger partial charge in [0, 0.05) is 6.20 Å². The van der Waals surface area contributed by atoms with Gasteiger partial charge in [0.25, 0.3) is 5.91 Å². The van der Waals surface area contributed by atoms with E-state index in [2.05, 4.69) is 20.3 Å². The Hall–Kier alpha value is -2.08. The second-order valence-electron chi connectivity index (χ2n) is 3.38. The lowest BCUT2D eigenvalue weighted by Gasteiger charge is -2.05. The van der Waals surface area contributed by atoms with Crippen molar-refractivity contribution in [1.29, 1.82) is 0 Å². The first-order chi connectivity index (χ1) is 8.66. The van der Waals surface area contributed by atoms with Gasteiger partial charge in [-0.25, -0.2) is 19.3 Å². The Morgan fingerprint density at radius 3 is 3.00 bits per heavy atom. The molecule has 0 spiro atoms. The normalized spacial score (nSPS) is 10.1. The highest BCUT2D eigenvalue weighted by atomic mass is 35.5. The van der Waals surface area contributed by atoms with E-state index >= 15 is 0 Å². The molecule has 0 aliphatic carbocycles. The van der Waals surface area contributed by atoms with Crippen molar-refractivity contribution in [3.63, 3.8) is 0 Å². The third-order valence-corrected chi connectivity index (χ3v) is 2.42. The summed E-state index contributed by atoms with van der Waals surface area (Å²) in [6.07, 6.45) is 3.88. The molecule has 18 heavy (non-hydrogen) atoms. The van der Waals surface area contributed by atoms with Crippen molar-refractivity contribution >= 4 is 17.5 Å². The molecule has 7 heteroatoms. The minimum Gasteiger partial charge on any atom is -0.346 e. The predicted octanol–water partition coefficient (Wildman–Crippen LogP) is 1.59. The SMILES string of the molecule is O=C(NCc1ccncn1)c1cc(F)cnc1Cl. The molecule has 1 amide bonds. The maximum absolute atomic E-state index is 12.9. The Labute approximate surface area is 107 Å². The molecule has 2 aromatic rings. The van der Waals surface area contributed by atoms with Crippen LogP contribution in [0.2, 0.25) is 5.15 Å². The number of carbonyl (C=O) groups is 1. The van der Waals surface area contributed by atoms with Crippen molar-refractivity contribution in [2.75, 3.05) is 0 Å². The molecule has 0 saturated heterocycles. The van der Waals surface area contributed by atoms with E-state index in [-0.39, 0.29) is 17.3 Å². The summed E-state index contributed by atoms with van der Waals surface area (Å²) in [5.41, 5.74) is 0.629. The summed E-state index contributed by atoms with van der Waals surface area (Å²) < 4.78 is 12.9. The molecular weight excluding hydrogens is 259 g/mol. The van der Waals surface area contributed by atoms with Gasteiger partial charge in [-0.2, -0.15) is 0 Å². The fraction of sp³-hybridized carbons (Fsp3) is 0.0909. The van der Waals surface area contributed by atoms with E-state index in [4.69, 9.17) is 11.6 Å². The highest BCUT2D eigenvalue weighted by Crippen LogP contribution is 2.13. The van der Waals surface area contributed by atoms with Crippen LogP contribution in [0, 0.1) is 5.82 Å². The molecule has 1 N–H and O–H groups in total. The van der Waals surface area contributed by atoms with E-state index < -0.39 is 11.7 Å². The smallest absolute Gasteiger partial charge is 0.254 e. The van der Waals surface area contributed by atoms with Crippen molar-refractivity contribution in [1.82, 2.24) is 20.3 Å². The van der Waals surface area contributed by atoms with E-state index in [1.54, 1.807) is 12.3 Å². The lowest BCUT2D eigenvalue weighted by atomic mass is 10.2. The fourth-order valence-electron chi connectivity index (χ4n) is 1.27. The molecule has 0 unspecified atom stereocenters. The molecule has 2 rings (SSSR count). The number of hydrogen-bond donors (Lipinski definition) is 1. The number of nitrogens with zero attached hydrogens (tertiary/aromatic N) is 3. The topological polar surface area (TPSA) is 67.8 Å². The quantitative estimate of drug-likeness (QED) is 0.857. The van der Waals surface area contributed by atoms with Crippen LogP contribution in [0.3, 0.4) is 0 Å². The van der Waals surface area contributed by atoms with Gasteiger partial charge in [-0.05, 0) is 12.1 Å². The van der Waals surface area contributed by atoms with Crippen LogP contribution in [-0.4, -0.2) is 20.9 Å². The highest BCUT2D eigenvalue weighted by molar-refractivity contribution is 6.32. The summed E-state index contributed by atoms with van der Waals surface area (Å²) in [7, 11) is 0. The lowest BCUT2D eigenvalue weighted by Crippen LogP contribution is -2.24. The Bertz CT molecular complexity index is 564. The number of pyridine rings is 1. The second-order valence-corrected chi connectivity index (χ2v) is 3.73. The van der Waals surface area contributed by atoms with Crippen molar-refractivity contribution in [2.45, 2.75) is 6.54 Å². The van der Waals surface area contributed by atoms with E-state index in [1.165, 1.54) is 6.33 Å². The van der Waals surface area contributed by atoms with E-state index in [9.17, 15) is 9.18 Å². The monoisotopic (exact) mass is 266 g/mol. The molecule has 0 bridgehead atoms. The van der Waals surface area contributed by atoms with Crippen molar-refractivity contribution in [3.8, 4) is 0 Å². The number of carbonyl (C=O) groups excluding carboxylic acids is 1. The summed E-state index contributed by atoms with van der Waals surface area (Å²) in [6, 6.07) is 2.69. The van der Waals surface area contributed by atoms with Crippen LogP contribution in [0.4, 0.5) is 4.39 Å². The largest absolute Gasteiger partial charge is 0.346 e. The van der Waals surface area contributed by atoms with Crippen LogP contribution < -0.4 is 5.32 Å². The Morgan fingerprint density at radius 1 is 1.44 bits per heavy atom. The van der Waals surface area contributed by atoms with Crippen molar-refractivity contribution in [3.05, 3.63) is 53.1 Å². The molecular formula is C11H8ClFN4O. The third-order valence-electron chi connectivity index (χ3n) is 2.12. The number of hydrogen-bond acceptors (Lipinski definition) is 4. The van der Waals surface area contributed by atoms with Crippen LogP contribution >= 0.6 is 11.6 Å². The number of halogens is 2. The first kappa shape index (κ1) is 12.4. The molecule has 0 aromatic carbocycles. The number of nitrogens with one attached hydrogen (secondary N) is 1. The summed E-state index contributed by atoms with van der Waals surface area (Å²) in [5, 5.41) is 2.52. The van der Waals surface area contributed by atoms with Gasteiger partial charge >= 0.3 is 0 Å². The standard InChI is InChI=1S/C11H8ClFN4O/c12-10-9(3-7(13)4-15-10)11(18)16-5-8-1-2-14-6-17-8/h1-4,6H,5H2,(H,16,18). The zero-order valence-electron chi connectivity index (χ0n) is 9.10. The molecule has 92 valence electrons. The number of aromatic nitrogens is 3. The van der Waals surface area contributed by atoms with Gasteiger partial charge in [0.1, 0.15) is 17.3 Å². The second kappa shape index (κ2) is 5.50. The molecule has 0 aliphatic rings. The van der Waals surface area contributed by atoms with Gasteiger partial charge in [0.05, 0.1) is 24.0 Å². The van der Waals surface area contributed by atoms with E-state index in [0.29, 0.717) is 5.69 Å². The van der Waals surface area contributed by atoms with E-state index in [1.807, 2.05) is 0 Å². The average molecular weight is 267 g/mol. The van der Waals surface area contributed by atoms with E-state index in [0.717, 1.165) is 12.3 Å². The van der Waals surface area contributed by atoms with Crippen LogP contribution in [0.25, 0.3) is 0 Å². The first-order valence-electron chi connectivity index (χ1n) is 5.01. The summed E-state index contributed by atoms with van der Waals surface area (Å²) in [4.78, 5) is 23.0. The summed E-state index contributed by atoms with van der Waals surface area (Å²) >= 11 is 5.71. The van der Waals surface area contributed by atoms with Gasteiger partial charge in [0.15, 0.2) is 0 Å². The first-order valence-corrected chi connectivity index (χ1v) is 5.39. The molecule has 2 aromatic heterocycles. The fourth-order valence-corrected chi connectivity index (χ4v) is 1.46. The molecule has 2 heterocycles. The van der Waals surface area contributed by atoms with Crippen LogP contribution in [0.5, 0.6) is 0 Å². The highest BCUT2D eigenvalue weighted by Gasteiger charge is 2.12. The zero-order chi connectivity index (χ0) is 13.0. The van der Waals surface area contributed by atoms with Gasteiger partial charge < -0.3 is 5.32 Å². The van der Waals surface area contributed by atoms with Gasteiger partial charge in [-0.15, -0.1) is 0 Å². The Kier molecular flexibility index (Phi) is 3.78. The average Bonchev–Trinajstić information content (AvgIpc) is 2.40. The molecule has 0 fully saturated rings. The molecule has 5 nitrogen and oxygen atoms in total. The number of amides is 1. The maximum atomic E-state index is 12.9. The molecule has 0 radical (unpaired) electrons. The predicted molar refractivity (Wildman–Crippen MR) is 62.4 cm³/mol. The van der Waals surface area contributed by atoms with Gasteiger partial charge in [0.2, 0.25) is 0 Å². The van der Waals surface area contributed by atoms with Gasteiger partial charge in [-0.1, -0.05) is 11.6 Å². The third kappa shape index (κ3) is 2.98. The molecule has 0 aliphatic heterocycles. The van der Waals surface area contributed by atoms with Crippen LogP contribution in [0.15, 0.2) is 30.9 Å². The minimum atomic E-state index is -0.619. The Balaban J connectivity index is 2.06. The van der Waals surface area contributed by atoms with Crippen molar-refractivity contribution in [2.24, 2.45) is 0 Å². The summed E-state index contributed by atoms with van der Waals surface area (Å²) in [5.74, 6) is -1.13. The van der Waals surface area contributed by atoms with Gasteiger partial charge in [-0.3, -0.25) is 4.79 Å². The zero-order valence-corrected chi connectivity index (χ0v) is 9.86. The minimum absolute atomic E-state index is 0.00859. The molecule has 0 atom stereocenters.